The lowest BCUT2D eigenvalue weighted by molar-refractivity contribution is -0.131. The summed E-state index contributed by atoms with van der Waals surface area (Å²) in [6.07, 6.45) is 1.55. The second-order valence-corrected chi connectivity index (χ2v) is 5.83. The molecule has 0 unspecified atom stereocenters. The van der Waals surface area contributed by atoms with E-state index in [0.717, 1.165) is 30.0 Å². The number of nitrogens with zero attached hydrogens (tertiary/aromatic N) is 2. The monoisotopic (exact) mass is 299 g/mol. The van der Waals surface area contributed by atoms with E-state index in [1.807, 2.05) is 43.4 Å². The lowest BCUT2D eigenvalue weighted by Gasteiger charge is -2.17. The summed E-state index contributed by atoms with van der Waals surface area (Å²) in [5.41, 5.74) is 2.92. The summed E-state index contributed by atoms with van der Waals surface area (Å²) in [6, 6.07) is 12.0. The third kappa shape index (κ3) is 3.54. The molecule has 3 rings (SSSR count). The summed E-state index contributed by atoms with van der Waals surface area (Å²) < 4.78 is 5.32. The summed E-state index contributed by atoms with van der Waals surface area (Å²) in [4.78, 5) is 14.0. The van der Waals surface area contributed by atoms with Gasteiger partial charge in [-0.25, -0.2) is 0 Å². The first-order valence-electron chi connectivity index (χ1n) is 7.64. The first-order chi connectivity index (χ1) is 10.7. The number of benzene rings is 1. The van der Waals surface area contributed by atoms with E-state index in [1.165, 1.54) is 0 Å². The van der Waals surface area contributed by atoms with Gasteiger partial charge in [0.2, 0.25) is 5.91 Å². The Kier molecular flexibility index (Phi) is 4.53. The van der Waals surface area contributed by atoms with Crippen LogP contribution in [0.3, 0.4) is 0 Å². The normalized spacial score (nSPS) is 17.6. The number of carbonyl (C=O) groups excluding carboxylic acids is 1. The van der Waals surface area contributed by atoms with E-state index in [0.29, 0.717) is 25.5 Å². The summed E-state index contributed by atoms with van der Waals surface area (Å²) in [6.45, 7) is 2.04. The molecule has 2 heterocycles. The number of aromatic amines is 1. The fraction of sp³-hybridized carbons (Fsp3) is 0.412. The van der Waals surface area contributed by atoms with E-state index in [-0.39, 0.29) is 5.91 Å². The van der Waals surface area contributed by atoms with E-state index in [4.69, 9.17) is 4.74 Å². The molecule has 0 saturated carbocycles. The Balaban J connectivity index is 1.58. The van der Waals surface area contributed by atoms with Gasteiger partial charge in [0.25, 0.3) is 0 Å². The number of ether oxygens (including phenoxy) is 1. The van der Waals surface area contributed by atoms with E-state index in [1.54, 1.807) is 4.90 Å². The van der Waals surface area contributed by atoms with Crippen molar-refractivity contribution in [3.8, 4) is 11.3 Å². The van der Waals surface area contributed by atoms with Gasteiger partial charge in [-0.3, -0.25) is 9.89 Å². The smallest absolute Gasteiger partial charge is 0.223 e. The Morgan fingerprint density at radius 1 is 1.41 bits per heavy atom. The predicted octanol–water partition coefficient (Wildman–Crippen LogP) is 2.46. The van der Waals surface area contributed by atoms with Crippen LogP contribution < -0.4 is 0 Å². The number of H-pyrrole nitrogens is 1. The van der Waals surface area contributed by atoms with Gasteiger partial charge in [-0.05, 0) is 18.4 Å². The van der Waals surface area contributed by atoms with Gasteiger partial charge in [-0.1, -0.05) is 30.3 Å². The van der Waals surface area contributed by atoms with Crippen LogP contribution in [0.25, 0.3) is 11.3 Å². The number of rotatable bonds is 5. The molecule has 1 aromatic heterocycles. The zero-order valence-electron chi connectivity index (χ0n) is 12.8. The average molecular weight is 299 g/mol. The van der Waals surface area contributed by atoms with Gasteiger partial charge >= 0.3 is 0 Å². The topological polar surface area (TPSA) is 58.2 Å². The van der Waals surface area contributed by atoms with E-state index in [2.05, 4.69) is 10.2 Å². The Hall–Kier alpha value is -2.14. The van der Waals surface area contributed by atoms with Crippen molar-refractivity contribution in [1.82, 2.24) is 15.1 Å². The zero-order valence-corrected chi connectivity index (χ0v) is 12.8. The fourth-order valence-electron chi connectivity index (χ4n) is 2.69. The molecule has 116 valence electrons. The highest BCUT2D eigenvalue weighted by atomic mass is 16.5. The Bertz CT molecular complexity index is 618. The van der Waals surface area contributed by atoms with Crippen LogP contribution in [-0.2, 0) is 16.1 Å². The maximum Gasteiger partial charge on any atom is 0.223 e. The molecule has 1 aromatic carbocycles. The van der Waals surface area contributed by atoms with Crippen LogP contribution in [0.15, 0.2) is 36.4 Å². The Morgan fingerprint density at radius 2 is 2.23 bits per heavy atom. The maximum absolute atomic E-state index is 12.2. The van der Waals surface area contributed by atoms with Crippen molar-refractivity contribution in [3.05, 3.63) is 42.1 Å². The van der Waals surface area contributed by atoms with Crippen molar-refractivity contribution in [2.75, 3.05) is 20.3 Å². The highest BCUT2D eigenvalue weighted by Crippen LogP contribution is 2.19. The molecule has 5 heteroatoms. The van der Waals surface area contributed by atoms with E-state index in [9.17, 15) is 4.79 Å². The molecule has 1 amide bonds. The molecule has 1 N–H and O–H groups in total. The Labute approximate surface area is 130 Å². The van der Waals surface area contributed by atoms with Gasteiger partial charge in [0, 0.05) is 32.2 Å². The van der Waals surface area contributed by atoms with Crippen molar-refractivity contribution in [2.45, 2.75) is 19.4 Å². The first kappa shape index (κ1) is 14.8. The molecule has 1 atom stereocenters. The lowest BCUT2D eigenvalue weighted by Crippen LogP contribution is -2.28. The second-order valence-electron chi connectivity index (χ2n) is 5.83. The molecule has 0 bridgehead atoms. The van der Waals surface area contributed by atoms with Crippen molar-refractivity contribution < 1.29 is 9.53 Å². The molecule has 5 nitrogen and oxygen atoms in total. The van der Waals surface area contributed by atoms with E-state index >= 15 is 0 Å². The van der Waals surface area contributed by atoms with Gasteiger partial charge in [-0.15, -0.1) is 0 Å². The van der Waals surface area contributed by atoms with Crippen molar-refractivity contribution >= 4 is 5.91 Å². The molecule has 0 aliphatic carbocycles. The number of hydrogen-bond acceptors (Lipinski definition) is 3. The summed E-state index contributed by atoms with van der Waals surface area (Å²) in [5, 5.41) is 7.33. The van der Waals surface area contributed by atoms with Crippen molar-refractivity contribution in [3.63, 3.8) is 0 Å². The number of aromatic nitrogens is 2. The second kappa shape index (κ2) is 6.75. The molecule has 0 spiro atoms. The zero-order chi connectivity index (χ0) is 15.4. The number of hydrogen-bond donors (Lipinski definition) is 1. The Morgan fingerprint density at radius 3 is 2.95 bits per heavy atom. The van der Waals surface area contributed by atoms with Crippen molar-refractivity contribution in [2.24, 2.45) is 5.92 Å². The van der Waals surface area contributed by atoms with Gasteiger partial charge in [-0.2, -0.15) is 5.10 Å². The predicted molar refractivity (Wildman–Crippen MR) is 84.0 cm³/mol. The largest absolute Gasteiger partial charge is 0.381 e. The minimum Gasteiger partial charge on any atom is -0.381 e. The standard InChI is InChI=1S/C17H21N3O2/c1-20(17(21)9-13-7-8-22-12-13)11-15-10-16(19-18-15)14-5-3-2-4-6-14/h2-6,10,13H,7-9,11-12H2,1H3,(H,18,19)/t13-/m0/s1. The number of amides is 1. The van der Waals surface area contributed by atoms with Crippen LogP contribution in [0, 0.1) is 5.92 Å². The molecular weight excluding hydrogens is 278 g/mol. The van der Waals surface area contributed by atoms with Gasteiger partial charge in [0.05, 0.1) is 17.9 Å². The molecule has 1 fully saturated rings. The summed E-state index contributed by atoms with van der Waals surface area (Å²) in [5.74, 6) is 0.531. The van der Waals surface area contributed by atoms with Gasteiger partial charge in [0.1, 0.15) is 0 Å². The number of carbonyl (C=O) groups is 1. The number of nitrogens with one attached hydrogen (secondary N) is 1. The van der Waals surface area contributed by atoms with Crippen LogP contribution in [0.5, 0.6) is 0 Å². The molecule has 2 aromatic rings. The lowest BCUT2D eigenvalue weighted by atomic mass is 10.0. The fourth-order valence-corrected chi connectivity index (χ4v) is 2.69. The van der Waals surface area contributed by atoms with Crippen LogP contribution in [0.2, 0.25) is 0 Å². The maximum atomic E-state index is 12.2. The molecule has 1 aliphatic rings. The van der Waals surface area contributed by atoms with Crippen LogP contribution in [-0.4, -0.2) is 41.3 Å². The van der Waals surface area contributed by atoms with Gasteiger partial charge < -0.3 is 9.64 Å². The highest BCUT2D eigenvalue weighted by Gasteiger charge is 2.21. The van der Waals surface area contributed by atoms with Gasteiger partial charge in [0.15, 0.2) is 0 Å². The van der Waals surface area contributed by atoms with Crippen molar-refractivity contribution in [1.29, 1.82) is 0 Å². The molecular formula is C17H21N3O2. The minimum absolute atomic E-state index is 0.159. The van der Waals surface area contributed by atoms with Crippen LogP contribution in [0.1, 0.15) is 18.5 Å². The molecule has 1 aliphatic heterocycles. The summed E-state index contributed by atoms with van der Waals surface area (Å²) >= 11 is 0. The summed E-state index contributed by atoms with van der Waals surface area (Å²) in [7, 11) is 1.83. The molecule has 1 saturated heterocycles. The molecule has 0 radical (unpaired) electrons. The molecule has 22 heavy (non-hydrogen) atoms. The third-order valence-electron chi connectivity index (χ3n) is 4.02. The third-order valence-corrected chi connectivity index (χ3v) is 4.02. The quantitative estimate of drug-likeness (QED) is 0.922. The highest BCUT2D eigenvalue weighted by molar-refractivity contribution is 5.76. The van der Waals surface area contributed by atoms with Crippen LogP contribution in [0.4, 0.5) is 0 Å². The average Bonchev–Trinajstić information content (AvgIpc) is 3.20. The first-order valence-corrected chi connectivity index (χ1v) is 7.64. The SMILES string of the molecule is CN(Cc1cc(-c2ccccc2)n[nH]1)C(=O)C[C@@H]1CCOC1. The van der Waals surface area contributed by atoms with Crippen LogP contribution >= 0.6 is 0 Å². The van der Waals surface area contributed by atoms with E-state index < -0.39 is 0 Å². The minimum atomic E-state index is 0.159.